The number of aromatic nitrogens is 2. The van der Waals surface area contributed by atoms with Crippen molar-refractivity contribution in [2.75, 3.05) is 6.79 Å². The van der Waals surface area contributed by atoms with Crippen molar-refractivity contribution in [2.45, 2.75) is 26.3 Å². The number of nitrogens with one attached hydrogen (secondary N) is 1. The van der Waals surface area contributed by atoms with Gasteiger partial charge in [-0.1, -0.05) is 12.1 Å². The van der Waals surface area contributed by atoms with E-state index in [1.807, 2.05) is 0 Å². The number of carbonyl (C=O) groups is 1. The van der Waals surface area contributed by atoms with Gasteiger partial charge in [-0.05, 0) is 42.3 Å². The molecule has 0 unspecified atom stereocenters. The summed E-state index contributed by atoms with van der Waals surface area (Å²) in [5.74, 6) is 1.56. The molecule has 1 aromatic heterocycles. The minimum Gasteiger partial charge on any atom is -0.454 e. The summed E-state index contributed by atoms with van der Waals surface area (Å²) in [6, 6.07) is 10.3. The third-order valence-corrected chi connectivity index (χ3v) is 4.38. The zero-order valence-corrected chi connectivity index (χ0v) is 15.2. The first-order valence-corrected chi connectivity index (χ1v) is 8.82. The van der Waals surface area contributed by atoms with Gasteiger partial charge in [-0.25, -0.2) is 4.39 Å². The van der Waals surface area contributed by atoms with Gasteiger partial charge in [0.25, 0.3) is 0 Å². The van der Waals surface area contributed by atoms with Crippen LogP contribution in [0.4, 0.5) is 4.39 Å². The molecule has 28 heavy (non-hydrogen) atoms. The summed E-state index contributed by atoms with van der Waals surface area (Å²) >= 11 is 0. The van der Waals surface area contributed by atoms with Gasteiger partial charge >= 0.3 is 0 Å². The highest BCUT2D eigenvalue weighted by atomic mass is 19.1. The summed E-state index contributed by atoms with van der Waals surface area (Å²) in [4.78, 5) is 12.0. The van der Waals surface area contributed by atoms with Crippen LogP contribution in [0.2, 0.25) is 0 Å². The molecule has 0 bridgehead atoms. The normalized spacial score (nSPS) is 12.2. The predicted octanol–water partition coefficient (Wildman–Crippen LogP) is 3.16. The number of amides is 1. The van der Waals surface area contributed by atoms with Crippen LogP contribution in [0.15, 0.2) is 40.8 Å². The maximum absolute atomic E-state index is 13.5. The SMILES string of the molecule is Cc1ccc(CNC(=O)CCc2nnc(-c3ccc4c(c3)OCO4)o2)cc1F. The van der Waals surface area contributed by atoms with Gasteiger partial charge in [0.05, 0.1) is 0 Å². The Morgan fingerprint density at radius 1 is 1.14 bits per heavy atom. The molecule has 0 radical (unpaired) electrons. The molecule has 0 aliphatic carbocycles. The van der Waals surface area contributed by atoms with Crippen molar-refractivity contribution in [3.63, 3.8) is 0 Å². The van der Waals surface area contributed by atoms with Crippen LogP contribution in [-0.4, -0.2) is 22.9 Å². The Balaban J connectivity index is 1.30. The second kappa shape index (κ2) is 7.67. The van der Waals surface area contributed by atoms with Gasteiger partial charge in [0.2, 0.25) is 24.5 Å². The second-order valence-corrected chi connectivity index (χ2v) is 6.43. The highest BCUT2D eigenvalue weighted by Gasteiger charge is 2.17. The fourth-order valence-electron chi connectivity index (χ4n) is 2.76. The van der Waals surface area contributed by atoms with Crippen molar-refractivity contribution < 1.29 is 23.1 Å². The van der Waals surface area contributed by atoms with E-state index in [1.165, 1.54) is 6.07 Å². The smallest absolute Gasteiger partial charge is 0.247 e. The number of hydrogen-bond donors (Lipinski definition) is 1. The molecule has 7 nitrogen and oxygen atoms in total. The molecule has 0 saturated carbocycles. The maximum Gasteiger partial charge on any atom is 0.247 e. The Labute approximate surface area is 160 Å². The topological polar surface area (TPSA) is 86.5 Å². The van der Waals surface area contributed by atoms with Crippen molar-refractivity contribution in [1.82, 2.24) is 15.5 Å². The number of aryl methyl sites for hydroxylation is 2. The van der Waals surface area contributed by atoms with E-state index in [0.717, 1.165) is 0 Å². The summed E-state index contributed by atoms with van der Waals surface area (Å²) in [6.07, 6.45) is 0.503. The zero-order chi connectivity index (χ0) is 19.5. The number of fused-ring (bicyclic) bond motifs is 1. The van der Waals surface area contributed by atoms with E-state index >= 15 is 0 Å². The molecule has 144 valence electrons. The van der Waals surface area contributed by atoms with E-state index in [9.17, 15) is 9.18 Å². The average Bonchev–Trinajstić information content (AvgIpc) is 3.36. The van der Waals surface area contributed by atoms with E-state index < -0.39 is 0 Å². The Bertz CT molecular complexity index is 1020. The lowest BCUT2D eigenvalue weighted by Gasteiger charge is -2.05. The van der Waals surface area contributed by atoms with Crippen LogP contribution >= 0.6 is 0 Å². The molecule has 0 spiro atoms. The molecule has 1 aliphatic heterocycles. The Morgan fingerprint density at radius 2 is 2.00 bits per heavy atom. The summed E-state index contributed by atoms with van der Waals surface area (Å²) in [5, 5.41) is 10.8. The molecule has 1 N–H and O–H groups in total. The number of benzene rings is 2. The number of ether oxygens (including phenoxy) is 2. The largest absolute Gasteiger partial charge is 0.454 e. The number of rotatable bonds is 6. The molecule has 1 amide bonds. The van der Waals surface area contributed by atoms with Crippen LogP contribution in [0.5, 0.6) is 11.5 Å². The van der Waals surface area contributed by atoms with Crippen molar-refractivity contribution in [1.29, 1.82) is 0 Å². The number of carbonyl (C=O) groups excluding carboxylic acids is 1. The third-order valence-electron chi connectivity index (χ3n) is 4.38. The Hall–Kier alpha value is -3.42. The molecular weight excluding hydrogens is 365 g/mol. The third kappa shape index (κ3) is 3.95. The molecular formula is C20H18FN3O4. The quantitative estimate of drug-likeness (QED) is 0.704. The highest BCUT2D eigenvalue weighted by Crippen LogP contribution is 2.35. The minimum atomic E-state index is -0.284. The Kier molecular flexibility index (Phi) is 4.92. The fourth-order valence-corrected chi connectivity index (χ4v) is 2.76. The van der Waals surface area contributed by atoms with Crippen LogP contribution in [0.1, 0.15) is 23.4 Å². The second-order valence-electron chi connectivity index (χ2n) is 6.43. The summed E-state index contributed by atoms with van der Waals surface area (Å²) in [7, 11) is 0. The fraction of sp³-hybridized carbons (Fsp3) is 0.250. The first-order chi connectivity index (χ1) is 13.6. The molecule has 2 aromatic carbocycles. The number of nitrogens with zero attached hydrogens (tertiary/aromatic N) is 2. The number of halogens is 1. The molecule has 0 atom stereocenters. The van der Waals surface area contributed by atoms with Gasteiger partial charge in [-0.2, -0.15) is 0 Å². The standard InChI is InChI=1S/C20H18FN3O4/c1-12-2-3-13(8-15(12)21)10-22-18(25)6-7-19-23-24-20(28-19)14-4-5-16-17(9-14)27-11-26-16/h2-5,8-9H,6-7,10-11H2,1H3,(H,22,25). The van der Waals surface area contributed by atoms with Crippen molar-refractivity contribution in [3.05, 3.63) is 59.2 Å². The molecule has 0 fully saturated rings. The molecule has 0 saturated heterocycles. The van der Waals surface area contributed by atoms with E-state index in [0.29, 0.717) is 46.4 Å². The molecule has 2 heterocycles. The van der Waals surface area contributed by atoms with Crippen LogP contribution in [0.3, 0.4) is 0 Å². The van der Waals surface area contributed by atoms with Crippen molar-refractivity contribution >= 4 is 5.91 Å². The minimum absolute atomic E-state index is 0.177. The summed E-state index contributed by atoms with van der Waals surface area (Å²) < 4.78 is 29.8. The van der Waals surface area contributed by atoms with Crippen molar-refractivity contribution in [3.8, 4) is 23.0 Å². The van der Waals surface area contributed by atoms with Gasteiger partial charge < -0.3 is 19.2 Å². The van der Waals surface area contributed by atoms with Crippen LogP contribution in [-0.2, 0) is 17.8 Å². The van der Waals surface area contributed by atoms with Gasteiger partial charge in [0.15, 0.2) is 11.5 Å². The zero-order valence-electron chi connectivity index (χ0n) is 15.2. The lowest BCUT2D eigenvalue weighted by Crippen LogP contribution is -2.23. The van der Waals surface area contributed by atoms with Gasteiger partial charge in [0.1, 0.15) is 5.82 Å². The van der Waals surface area contributed by atoms with Gasteiger partial charge in [0, 0.05) is 24.9 Å². The monoisotopic (exact) mass is 383 g/mol. The van der Waals surface area contributed by atoms with E-state index in [-0.39, 0.29) is 31.5 Å². The lowest BCUT2D eigenvalue weighted by atomic mass is 10.1. The van der Waals surface area contributed by atoms with E-state index in [2.05, 4.69) is 15.5 Å². The van der Waals surface area contributed by atoms with E-state index in [4.69, 9.17) is 13.9 Å². The van der Waals surface area contributed by atoms with Crippen LogP contribution in [0, 0.1) is 12.7 Å². The predicted molar refractivity (Wildman–Crippen MR) is 97.2 cm³/mol. The summed E-state index contributed by atoms with van der Waals surface area (Å²) in [5.41, 5.74) is 2.00. The maximum atomic E-state index is 13.5. The van der Waals surface area contributed by atoms with Crippen LogP contribution < -0.4 is 14.8 Å². The molecule has 8 heteroatoms. The first-order valence-electron chi connectivity index (χ1n) is 8.82. The Morgan fingerprint density at radius 3 is 2.86 bits per heavy atom. The van der Waals surface area contributed by atoms with Gasteiger partial charge in [-0.3, -0.25) is 4.79 Å². The molecule has 1 aliphatic rings. The van der Waals surface area contributed by atoms with E-state index in [1.54, 1.807) is 37.3 Å². The van der Waals surface area contributed by atoms with Crippen molar-refractivity contribution in [2.24, 2.45) is 0 Å². The average molecular weight is 383 g/mol. The summed E-state index contributed by atoms with van der Waals surface area (Å²) in [6.45, 7) is 2.15. The number of hydrogen-bond acceptors (Lipinski definition) is 6. The first kappa shape index (κ1) is 18.0. The molecule has 3 aromatic rings. The molecule has 4 rings (SSSR count). The van der Waals surface area contributed by atoms with Crippen LogP contribution in [0.25, 0.3) is 11.5 Å². The van der Waals surface area contributed by atoms with Gasteiger partial charge in [-0.15, -0.1) is 10.2 Å². The lowest BCUT2D eigenvalue weighted by molar-refractivity contribution is -0.121. The highest BCUT2D eigenvalue weighted by molar-refractivity contribution is 5.76.